The zero-order valence-electron chi connectivity index (χ0n) is 53.3. The van der Waals surface area contributed by atoms with Crippen molar-refractivity contribution in [1.82, 2.24) is 35.7 Å². The van der Waals surface area contributed by atoms with E-state index in [4.69, 9.17) is 0 Å². The minimum Gasteiger partial charge on any atom is -0.391 e. The number of para-hydroxylation sites is 1. The number of aliphatic hydroxyl groups is 2. The molecule has 7 rings (SSSR count). The zero-order chi connectivity index (χ0) is 67.4. The summed E-state index contributed by atoms with van der Waals surface area (Å²) in [5, 5.41) is 35.3. The summed E-state index contributed by atoms with van der Waals surface area (Å²) >= 11 is 0. The van der Waals surface area contributed by atoms with Crippen molar-refractivity contribution in [3.8, 4) is 0 Å². The SMILES string of the molecule is CC1CC(CC(O)C(Cc2ccccc2)NC(=O)C(CS(=O)(=O)c2ccc(F)cc2)NS(C)(=O)=O)C(C(=O)NC(C)(C)C)C1.CC1CC(CC(O)C(Cc2ccccc2)NC(=O)C(CS(=O)(=O)c2cccc3cccnc23)NS(C)(=O)=O)C(C(=O)NC(C)(C)C)C1. The molecule has 0 bridgehead atoms. The fourth-order valence-electron chi connectivity index (χ4n) is 12.1. The molecule has 2 fully saturated rings. The highest BCUT2D eigenvalue weighted by molar-refractivity contribution is 7.92. The molecule has 2 saturated carbocycles. The molecular weight excluding hydrogens is 1250 g/mol. The highest BCUT2D eigenvalue weighted by Gasteiger charge is 2.43. The lowest BCUT2D eigenvalue weighted by molar-refractivity contribution is -0.129. The molecule has 4 aromatic carbocycles. The Bertz CT molecular complexity index is 3760. The number of amides is 4. The van der Waals surface area contributed by atoms with Crippen molar-refractivity contribution in [3.05, 3.63) is 138 Å². The smallest absolute Gasteiger partial charge is 0.239 e. The lowest BCUT2D eigenvalue weighted by atomic mass is 9.86. The Morgan fingerprint density at radius 1 is 0.549 bits per heavy atom. The summed E-state index contributed by atoms with van der Waals surface area (Å²) in [6.45, 7) is 15.6. The number of pyridine rings is 1. The van der Waals surface area contributed by atoms with Crippen LogP contribution in [0.2, 0.25) is 0 Å². The quantitative estimate of drug-likeness (QED) is 0.0315. The first-order valence-corrected chi connectivity index (χ1v) is 37.5. The normalized spacial score (nSPS) is 21.0. The van der Waals surface area contributed by atoms with E-state index in [2.05, 4.69) is 49.5 Å². The van der Waals surface area contributed by atoms with Crippen LogP contribution in [0.5, 0.6) is 0 Å². The van der Waals surface area contributed by atoms with E-state index in [0.717, 1.165) is 54.3 Å². The third kappa shape index (κ3) is 23.4. The molecule has 8 N–H and O–H groups in total. The molecule has 12 unspecified atom stereocenters. The molecular formula is C65H90FN7O14S4. The van der Waals surface area contributed by atoms with Crippen LogP contribution in [0, 0.1) is 41.3 Å². The lowest BCUT2D eigenvalue weighted by Gasteiger charge is -2.31. The molecule has 12 atom stereocenters. The second-order valence-electron chi connectivity index (χ2n) is 26.8. The fourth-order valence-corrected chi connectivity index (χ4v) is 16.8. The highest BCUT2D eigenvalue weighted by atomic mass is 32.2. The number of carbonyl (C=O) groups excluding carboxylic acids is 4. The van der Waals surface area contributed by atoms with Crippen molar-refractivity contribution in [1.29, 1.82) is 0 Å². The topological polar surface area (TPSA) is 330 Å². The van der Waals surface area contributed by atoms with Gasteiger partial charge in [0.05, 0.1) is 63.6 Å². The molecule has 0 radical (unpaired) electrons. The molecule has 2 aliphatic carbocycles. The van der Waals surface area contributed by atoms with Crippen LogP contribution in [0.15, 0.2) is 131 Å². The predicted octanol–water partition coefficient (Wildman–Crippen LogP) is 5.55. The second kappa shape index (κ2) is 31.1. The van der Waals surface area contributed by atoms with Gasteiger partial charge in [-0.2, -0.15) is 0 Å². The van der Waals surface area contributed by atoms with Crippen LogP contribution in [0.4, 0.5) is 4.39 Å². The molecule has 0 spiro atoms. The first-order chi connectivity index (χ1) is 42.2. The van der Waals surface area contributed by atoms with Gasteiger partial charge in [0.25, 0.3) is 0 Å². The van der Waals surface area contributed by atoms with Gasteiger partial charge in [-0.15, -0.1) is 0 Å². The number of aliphatic hydroxyl groups excluding tert-OH is 2. The van der Waals surface area contributed by atoms with Crippen LogP contribution in [0.25, 0.3) is 10.9 Å². The average molecular weight is 1340 g/mol. The van der Waals surface area contributed by atoms with Gasteiger partial charge in [0.1, 0.15) is 17.9 Å². The number of sulfonamides is 2. The number of halogens is 1. The summed E-state index contributed by atoms with van der Waals surface area (Å²) in [6, 6.07) is 25.0. The lowest BCUT2D eigenvalue weighted by Crippen LogP contribution is -2.55. The number of fused-ring (bicyclic) bond motifs is 1. The van der Waals surface area contributed by atoms with E-state index in [-0.39, 0.29) is 88.3 Å². The molecule has 500 valence electrons. The summed E-state index contributed by atoms with van der Waals surface area (Å²) in [5.74, 6) is -4.89. The average Bonchev–Trinajstić information content (AvgIpc) is 1.45. The minimum atomic E-state index is -4.23. The molecule has 26 heteroatoms. The van der Waals surface area contributed by atoms with E-state index < -0.39 is 116 Å². The van der Waals surface area contributed by atoms with Crippen LogP contribution in [-0.4, -0.2) is 144 Å². The standard InChI is InChI=1S/C34H46N4O7S2.C31H44FN3O7S2/c1-22-17-25(26(18-22)32(40)37-34(2,3)4)20-29(39)27(19-23-11-7-6-8-12-23)36-33(41)28(38-46(5,42)43)21-47(44,45)30-15-9-13-24-14-10-16-35-31(24)30;1-20-15-22(25(16-20)29(37)34-31(2,3)4)18-28(36)26(17-21-9-7-6-8-10-21)33-30(38)27(35-43(5,39)40)19-44(41,42)24-13-11-23(32)12-14-24/h6-16,22,25-29,38-39H,17-21H2,1-5H3,(H,36,41)(H,37,40);6-14,20,22,25-28,35-36H,15-19H2,1-5H3,(H,33,38)(H,34,37). The molecule has 0 aliphatic heterocycles. The molecule has 21 nitrogen and oxygen atoms in total. The van der Waals surface area contributed by atoms with Gasteiger partial charge in [-0.05, 0) is 164 Å². The Morgan fingerprint density at radius 3 is 1.36 bits per heavy atom. The van der Waals surface area contributed by atoms with Gasteiger partial charge in [0.2, 0.25) is 43.7 Å². The molecule has 5 aromatic rings. The Morgan fingerprint density at radius 2 is 0.956 bits per heavy atom. The molecule has 91 heavy (non-hydrogen) atoms. The van der Waals surface area contributed by atoms with Crippen LogP contribution in [0.1, 0.15) is 105 Å². The van der Waals surface area contributed by atoms with Crippen molar-refractivity contribution in [2.45, 2.75) is 164 Å². The van der Waals surface area contributed by atoms with Gasteiger partial charge < -0.3 is 31.5 Å². The first-order valence-electron chi connectivity index (χ1n) is 30.4. The largest absolute Gasteiger partial charge is 0.391 e. The second-order valence-corrected chi connectivity index (χ2v) is 34.4. The number of hydrogen-bond donors (Lipinski definition) is 8. The van der Waals surface area contributed by atoms with Crippen molar-refractivity contribution in [2.75, 3.05) is 24.0 Å². The van der Waals surface area contributed by atoms with E-state index in [0.29, 0.717) is 24.6 Å². The highest BCUT2D eigenvalue weighted by Crippen LogP contribution is 2.41. The maximum Gasteiger partial charge on any atom is 0.239 e. The Hall–Kier alpha value is -6.26. The summed E-state index contributed by atoms with van der Waals surface area (Å²) in [4.78, 5) is 57.5. The third-order valence-corrected chi connectivity index (χ3v) is 21.0. The van der Waals surface area contributed by atoms with Gasteiger partial charge in [-0.1, -0.05) is 92.7 Å². The van der Waals surface area contributed by atoms with Crippen molar-refractivity contribution in [2.24, 2.45) is 35.5 Å². The van der Waals surface area contributed by atoms with Gasteiger partial charge >= 0.3 is 0 Å². The Labute approximate surface area is 536 Å². The molecule has 1 heterocycles. The van der Waals surface area contributed by atoms with Crippen LogP contribution >= 0.6 is 0 Å². The summed E-state index contributed by atoms with van der Waals surface area (Å²) < 4.78 is 120. The number of nitrogens with one attached hydrogen (secondary N) is 6. The van der Waals surface area contributed by atoms with E-state index in [9.17, 15) is 67.5 Å². The third-order valence-electron chi connectivity index (χ3n) is 16.0. The fraction of sp³-hybridized carbons (Fsp3) is 0.523. The Kier molecular flexibility index (Phi) is 25.2. The van der Waals surface area contributed by atoms with E-state index in [1.165, 1.54) is 12.3 Å². The molecule has 1 aromatic heterocycles. The number of aromatic nitrogens is 1. The van der Waals surface area contributed by atoms with Gasteiger partial charge in [-0.25, -0.2) is 47.5 Å². The number of sulfone groups is 2. The molecule has 4 amide bonds. The number of benzene rings is 4. The van der Waals surface area contributed by atoms with Crippen molar-refractivity contribution >= 4 is 74.3 Å². The first kappa shape index (κ1) is 73.8. The molecule has 0 saturated heterocycles. The van der Waals surface area contributed by atoms with Crippen LogP contribution in [-0.2, 0) is 71.7 Å². The van der Waals surface area contributed by atoms with Crippen LogP contribution < -0.4 is 30.7 Å². The number of rotatable bonds is 26. The van der Waals surface area contributed by atoms with E-state index in [1.807, 2.05) is 90.1 Å². The number of carbonyl (C=O) groups is 4. The maximum atomic E-state index is 13.8. The zero-order valence-corrected chi connectivity index (χ0v) is 56.6. The van der Waals surface area contributed by atoms with Crippen molar-refractivity contribution < 1.29 is 67.5 Å². The predicted molar refractivity (Wildman–Crippen MR) is 348 cm³/mol. The van der Waals surface area contributed by atoms with Crippen molar-refractivity contribution in [3.63, 3.8) is 0 Å². The minimum absolute atomic E-state index is 0.0757. The summed E-state index contributed by atoms with van der Waals surface area (Å²) in [5.41, 5.74) is 0.957. The number of hydrogen-bond acceptors (Lipinski definition) is 15. The van der Waals surface area contributed by atoms with Gasteiger partial charge in [0, 0.05) is 34.5 Å². The number of nitrogens with zero attached hydrogens (tertiary/aromatic N) is 1. The monoisotopic (exact) mass is 1340 g/mol. The van der Waals surface area contributed by atoms with E-state index in [1.54, 1.807) is 36.4 Å². The van der Waals surface area contributed by atoms with Crippen LogP contribution in [0.3, 0.4) is 0 Å². The van der Waals surface area contributed by atoms with Gasteiger partial charge in [-0.3, -0.25) is 24.2 Å². The summed E-state index contributed by atoms with van der Waals surface area (Å²) in [6.07, 6.45) is 4.41. The maximum absolute atomic E-state index is 13.8. The van der Waals surface area contributed by atoms with E-state index >= 15 is 0 Å². The Balaban J connectivity index is 0.000000290. The summed E-state index contributed by atoms with van der Waals surface area (Å²) in [7, 11) is -16.5. The van der Waals surface area contributed by atoms with Gasteiger partial charge in [0.15, 0.2) is 19.7 Å². The molecule has 2 aliphatic rings.